The molecule has 0 bridgehead atoms. The van der Waals surface area contributed by atoms with Crippen molar-refractivity contribution in [2.45, 2.75) is 205 Å². The number of fused-ring (bicyclic) bond motifs is 7. The van der Waals surface area contributed by atoms with Crippen molar-refractivity contribution < 1.29 is 84.3 Å². The fourth-order valence-electron chi connectivity index (χ4n) is 14.7. The molecular formula is C47H76O17. The molecule has 0 aromatic rings. The van der Waals surface area contributed by atoms with Crippen molar-refractivity contribution in [3.05, 3.63) is 11.6 Å². The average molecular weight is 913 g/mol. The maximum Gasteiger partial charge on any atom is 0.315 e. The fourth-order valence-corrected chi connectivity index (χ4v) is 14.7. The molecule has 17 heteroatoms. The van der Waals surface area contributed by atoms with E-state index in [0.717, 1.165) is 44.9 Å². The number of aliphatic hydroxyl groups excluding tert-OH is 10. The molecule has 0 aromatic carbocycles. The van der Waals surface area contributed by atoms with Crippen LogP contribution in [0.3, 0.4) is 0 Å². The number of carbonyl (C=O) groups excluding carboxylic acids is 1. The first-order chi connectivity index (χ1) is 29.9. The van der Waals surface area contributed by atoms with Gasteiger partial charge in [-0.3, -0.25) is 4.79 Å². The Morgan fingerprint density at radius 1 is 0.719 bits per heavy atom. The van der Waals surface area contributed by atoms with E-state index in [4.69, 9.17) is 28.4 Å². The highest BCUT2D eigenvalue weighted by molar-refractivity contribution is 5.79. The maximum atomic E-state index is 14.7. The van der Waals surface area contributed by atoms with Gasteiger partial charge in [0.15, 0.2) is 12.6 Å². The number of carbonyl (C=O) groups is 1. The summed E-state index contributed by atoms with van der Waals surface area (Å²) in [7, 11) is 0. The molecule has 0 radical (unpaired) electrons. The van der Waals surface area contributed by atoms with Crippen LogP contribution >= 0.6 is 0 Å². The Kier molecular flexibility index (Phi) is 13.2. The van der Waals surface area contributed by atoms with Crippen molar-refractivity contribution >= 4 is 5.97 Å². The van der Waals surface area contributed by atoms with E-state index in [1.807, 2.05) is 6.92 Å². The van der Waals surface area contributed by atoms with Crippen molar-refractivity contribution in [1.29, 1.82) is 0 Å². The number of esters is 1. The summed E-state index contributed by atoms with van der Waals surface area (Å²) in [6.45, 7) is 14.1. The van der Waals surface area contributed by atoms with Crippen LogP contribution in [0.2, 0.25) is 0 Å². The van der Waals surface area contributed by atoms with Crippen LogP contribution in [0.15, 0.2) is 11.6 Å². The van der Waals surface area contributed by atoms with Gasteiger partial charge in [-0.2, -0.15) is 0 Å². The Morgan fingerprint density at radius 2 is 1.39 bits per heavy atom. The zero-order valence-electron chi connectivity index (χ0n) is 38.5. The maximum absolute atomic E-state index is 14.7. The Bertz CT molecular complexity index is 1750. The van der Waals surface area contributed by atoms with Crippen LogP contribution in [0.5, 0.6) is 0 Å². The minimum atomic E-state index is -1.69. The average Bonchev–Trinajstić information content (AvgIpc) is 3.25. The van der Waals surface area contributed by atoms with Gasteiger partial charge in [-0.1, -0.05) is 53.2 Å². The van der Waals surface area contributed by atoms with Crippen LogP contribution in [0.1, 0.15) is 113 Å². The Balaban J connectivity index is 1.05. The highest BCUT2D eigenvalue weighted by Crippen LogP contribution is 2.76. The van der Waals surface area contributed by atoms with Crippen molar-refractivity contribution in [1.82, 2.24) is 0 Å². The normalized spacial score (nSPS) is 54.9. The van der Waals surface area contributed by atoms with Crippen molar-refractivity contribution in [3.8, 4) is 0 Å². The van der Waals surface area contributed by atoms with E-state index in [9.17, 15) is 55.9 Å². The van der Waals surface area contributed by atoms with Gasteiger partial charge in [0.05, 0.1) is 37.4 Å². The lowest BCUT2D eigenvalue weighted by atomic mass is 9.33. The summed E-state index contributed by atoms with van der Waals surface area (Å²) in [4.78, 5) is 14.7. The first kappa shape index (κ1) is 49.0. The molecule has 3 saturated heterocycles. The van der Waals surface area contributed by atoms with Gasteiger partial charge in [0.1, 0.15) is 61.0 Å². The topological polar surface area (TPSA) is 275 Å². The highest BCUT2D eigenvalue weighted by Gasteiger charge is 2.70. The molecule has 0 aromatic heterocycles. The zero-order valence-corrected chi connectivity index (χ0v) is 38.5. The lowest BCUT2D eigenvalue weighted by molar-refractivity contribution is -0.365. The van der Waals surface area contributed by atoms with Gasteiger partial charge in [0, 0.05) is 5.41 Å². The first-order valence-corrected chi connectivity index (χ1v) is 23.7. The molecule has 23 unspecified atom stereocenters. The van der Waals surface area contributed by atoms with E-state index in [2.05, 4.69) is 40.7 Å². The smallest absolute Gasteiger partial charge is 0.315 e. The Hall–Kier alpha value is -1.39. The molecule has 4 saturated carbocycles. The lowest BCUT2D eigenvalue weighted by Gasteiger charge is -2.71. The molecule has 23 atom stereocenters. The molecule has 8 aliphatic rings. The summed E-state index contributed by atoms with van der Waals surface area (Å²) in [6, 6.07) is 0. The van der Waals surface area contributed by atoms with Crippen molar-refractivity contribution in [2.24, 2.45) is 50.2 Å². The summed E-state index contributed by atoms with van der Waals surface area (Å²) in [5.41, 5.74) is -1.19. The number of aliphatic hydroxyl groups is 10. The third kappa shape index (κ3) is 7.49. The van der Waals surface area contributed by atoms with E-state index >= 15 is 0 Å². The molecular weight excluding hydrogens is 837 g/mol. The summed E-state index contributed by atoms with van der Waals surface area (Å²) in [5.74, 6) is -0.439. The van der Waals surface area contributed by atoms with Gasteiger partial charge in [-0.05, 0) is 111 Å². The summed E-state index contributed by atoms with van der Waals surface area (Å²) in [6.07, 6.45) is -11.1. The predicted octanol–water partition coefficient (Wildman–Crippen LogP) is 0.780. The van der Waals surface area contributed by atoms with Crippen molar-refractivity contribution in [3.63, 3.8) is 0 Å². The van der Waals surface area contributed by atoms with E-state index in [0.29, 0.717) is 19.3 Å². The second kappa shape index (κ2) is 17.2. The van der Waals surface area contributed by atoms with Gasteiger partial charge >= 0.3 is 5.97 Å². The monoisotopic (exact) mass is 913 g/mol. The van der Waals surface area contributed by atoms with Crippen molar-refractivity contribution in [2.75, 3.05) is 19.8 Å². The zero-order chi connectivity index (χ0) is 46.7. The molecule has 5 aliphatic carbocycles. The highest BCUT2D eigenvalue weighted by atomic mass is 16.8. The summed E-state index contributed by atoms with van der Waals surface area (Å²) < 4.78 is 36.1. The van der Waals surface area contributed by atoms with Gasteiger partial charge in [-0.15, -0.1) is 0 Å². The molecule has 7 fully saturated rings. The molecule has 17 nitrogen and oxygen atoms in total. The Labute approximate surface area is 376 Å². The number of allylic oxidation sites excluding steroid dienone is 2. The molecule has 366 valence electrons. The molecule has 64 heavy (non-hydrogen) atoms. The van der Waals surface area contributed by atoms with Crippen LogP contribution in [0.25, 0.3) is 0 Å². The van der Waals surface area contributed by atoms with Gasteiger partial charge in [-0.25, -0.2) is 0 Å². The minimum absolute atomic E-state index is 0.00430. The SMILES string of the molecule is CC1OC(OC2C(OC3CCC4(C)C(CCC5(C)C4CC=C4C6CC(C)(C)CCC6(C(=O)OC6OC(CO)C(O)C(O)C6O)CCC45C)C3(C)CO)OCC(O)C2O)C(O)C(O)C1O. The molecule has 10 N–H and O–H groups in total. The van der Waals surface area contributed by atoms with Crippen LogP contribution in [0.4, 0.5) is 0 Å². The van der Waals surface area contributed by atoms with E-state index < -0.39 is 116 Å². The summed E-state index contributed by atoms with van der Waals surface area (Å²) >= 11 is 0. The first-order valence-electron chi connectivity index (χ1n) is 23.7. The number of rotatable bonds is 8. The number of hydrogen-bond acceptors (Lipinski definition) is 17. The third-order valence-electron chi connectivity index (χ3n) is 19.0. The lowest BCUT2D eigenvalue weighted by Crippen LogP contribution is -2.67. The van der Waals surface area contributed by atoms with E-state index in [1.165, 1.54) is 12.5 Å². The van der Waals surface area contributed by atoms with Gasteiger partial charge in [0.2, 0.25) is 6.29 Å². The van der Waals surface area contributed by atoms with E-state index in [-0.39, 0.29) is 52.6 Å². The number of hydrogen-bond donors (Lipinski definition) is 10. The Morgan fingerprint density at radius 3 is 2.08 bits per heavy atom. The quantitative estimate of drug-likeness (QED) is 0.0916. The standard InChI is InChI=1S/C47H76O17/c1-22-30(51)33(54)35(56)38(60-22)63-37-31(52)25(50)20-59-40(37)62-29-11-12-43(4)27(44(29,5)21-49)10-13-46(7)28(43)9-8-23-24-18-42(2,3)14-16-47(24,17-15-45(23,46)6)41(58)64-39-36(57)34(55)32(53)26(19-48)61-39/h8,22,24-40,48-57H,9-21H2,1-7H3. The molecule has 0 amide bonds. The van der Waals surface area contributed by atoms with Gasteiger partial charge < -0.3 is 79.5 Å². The second-order valence-corrected chi connectivity index (χ2v) is 22.8. The molecule has 3 heterocycles. The van der Waals surface area contributed by atoms with Crippen LogP contribution in [-0.4, -0.2) is 169 Å². The largest absolute Gasteiger partial charge is 0.432 e. The minimum Gasteiger partial charge on any atom is -0.432 e. The molecule has 0 spiro atoms. The molecule has 8 rings (SSSR count). The fraction of sp³-hybridized carbons (Fsp3) is 0.936. The predicted molar refractivity (Wildman–Crippen MR) is 224 cm³/mol. The number of ether oxygens (including phenoxy) is 6. The third-order valence-corrected chi connectivity index (χ3v) is 19.0. The summed E-state index contributed by atoms with van der Waals surface area (Å²) in [5, 5.41) is 106. The second-order valence-electron chi connectivity index (χ2n) is 22.8. The van der Waals surface area contributed by atoms with Crippen LogP contribution < -0.4 is 0 Å². The van der Waals surface area contributed by atoms with E-state index in [1.54, 1.807) is 0 Å². The molecule has 3 aliphatic heterocycles. The van der Waals surface area contributed by atoms with Crippen LogP contribution in [-0.2, 0) is 33.2 Å². The van der Waals surface area contributed by atoms with Crippen LogP contribution in [0, 0.1) is 50.2 Å². The van der Waals surface area contributed by atoms with Gasteiger partial charge in [0.25, 0.3) is 0 Å².